The van der Waals surface area contributed by atoms with Crippen molar-refractivity contribution in [3.05, 3.63) is 29.3 Å². The largest absolute Gasteiger partial charge is 0.303 e. The van der Waals surface area contributed by atoms with Crippen molar-refractivity contribution in [1.82, 2.24) is 5.32 Å². The van der Waals surface area contributed by atoms with E-state index in [4.69, 9.17) is 5.26 Å². The molecule has 0 heterocycles. The van der Waals surface area contributed by atoms with E-state index in [1.165, 1.54) is 16.0 Å². The molecule has 0 saturated heterocycles. The maximum Gasteiger partial charge on any atom is 0.104 e. The topological polar surface area (TPSA) is 35.8 Å². The van der Waals surface area contributed by atoms with Gasteiger partial charge >= 0.3 is 0 Å². The van der Waals surface area contributed by atoms with Crippen LogP contribution in [0.5, 0.6) is 0 Å². The zero-order valence-electron chi connectivity index (χ0n) is 11.9. The summed E-state index contributed by atoms with van der Waals surface area (Å²) in [6.07, 6.45) is 0.831. The van der Waals surface area contributed by atoms with E-state index in [1.54, 1.807) is 0 Å². The molecule has 0 aliphatic rings. The summed E-state index contributed by atoms with van der Waals surface area (Å²) < 4.78 is 0. The summed E-state index contributed by atoms with van der Waals surface area (Å²) in [7, 11) is 1.84. The van der Waals surface area contributed by atoms with Gasteiger partial charge in [0.2, 0.25) is 0 Å². The highest BCUT2D eigenvalue weighted by atomic mass is 32.2. The first-order valence-corrected chi connectivity index (χ1v) is 7.12. The molecule has 18 heavy (non-hydrogen) atoms. The van der Waals surface area contributed by atoms with E-state index in [9.17, 15) is 0 Å². The van der Waals surface area contributed by atoms with Crippen LogP contribution >= 0.6 is 11.8 Å². The molecule has 1 aromatic rings. The maximum absolute atomic E-state index is 9.16. The predicted molar refractivity (Wildman–Crippen MR) is 78.9 cm³/mol. The molecule has 98 valence electrons. The van der Waals surface area contributed by atoms with Gasteiger partial charge < -0.3 is 5.32 Å². The minimum absolute atomic E-state index is 0.407. The van der Waals surface area contributed by atoms with E-state index < -0.39 is 5.54 Å². The molecule has 0 aliphatic carbocycles. The fourth-order valence-electron chi connectivity index (χ4n) is 1.84. The summed E-state index contributed by atoms with van der Waals surface area (Å²) in [6.45, 7) is 8.38. The van der Waals surface area contributed by atoms with Crippen LogP contribution in [0.4, 0.5) is 0 Å². The number of aryl methyl sites for hydroxylation is 2. The molecule has 0 spiro atoms. The number of thioether (sulfide) groups is 1. The molecule has 1 rings (SSSR count). The molecule has 2 unspecified atom stereocenters. The lowest BCUT2D eigenvalue weighted by atomic mass is 9.98. The van der Waals surface area contributed by atoms with E-state index in [2.05, 4.69) is 50.4 Å². The van der Waals surface area contributed by atoms with Crippen molar-refractivity contribution in [2.24, 2.45) is 0 Å². The maximum atomic E-state index is 9.16. The van der Waals surface area contributed by atoms with Gasteiger partial charge in [-0.1, -0.05) is 13.0 Å². The van der Waals surface area contributed by atoms with Gasteiger partial charge in [-0.25, -0.2) is 0 Å². The summed E-state index contributed by atoms with van der Waals surface area (Å²) in [4.78, 5) is 1.28. The van der Waals surface area contributed by atoms with Crippen LogP contribution in [0.15, 0.2) is 23.1 Å². The summed E-state index contributed by atoms with van der Waals surface area (Å²) in [5.41, 5.74) is 2.21. The molecule has 0 aliphatic heterocycles. The molecule has 0 bridgehead atoms. The fourth-order valence-corrected chi connectivity index (χ4v) is 3.11. The smallest absolute Gasteiger partial charge is 0.104 e. The number of hydrogen-bond donors (Lipinski definition) is 1. The van der Waals surface area contributed by atoms with Crippen LogP contribution in [0.1, 0.15) is 31.4 Å². The predicted octanol–water partition coefficient (Wildman–Crippen LogP) is 3.68. The molecule has 3 heteroatoms. The number of rotatable bonds is 5. The highest BCUT2D eigenvalue weighted by Gasteiger charge is 2.24. The number of nitrogens with one attached hydrogen (secondary N) is 1. The lowest BCUT2D eigenvalue weighted by Gasteiger charge is -2.24. The molecule has 1 N–H and O–H groups in total. The standard InChI is InChI=1S/C15H22N2S/c1-11-6-7-14(8-12(11)2)18-13(3)9-15(4,10-16)17-5/h6-8,13,17H,9H2,1-5H3. The van der Waals surface area contributed by atoms with Crippen molar-refractivity contribution in [2.75, 3.05) is 7.05 Å². The van der Waals surface area contributed by atoms with Gasteiger partial charge in [-0.3, -0.25) is 0 Å². The number of hydrogen-bond acceptors (Lipinski definition) is 3. The van der Waals surface area contributed by atoms with Crippen molar-refractivity contribution in [3.8, 4) is 6.07 Å². The highest BCUT2D eigenvalue weighted by Crippen LogP contribution is 2.29. The third kappa shape index (κ3) is 4.04. The Hall–Kier alpha value is -0.980. The van der Waals surface area contributed by atoms with E-state index in [1.807, 2.05) is 25.7 Å². The van der Waals surface area contributed by atoms with Gasteiger partial charge in [-0.05, 0) is 57.5 Å². The van der Waals surface area contributed by atoms with Gasteiger partial charge in [-0.15, -0.1) is 11.8 Å². The Morgan fingerprint density at radius 3 is 2.56 bits per heavy atom. The zero-order chi connectivity index (χ0) is 13.8. The molecule has 0 aromatic heterocycles. The van der Waals surface area contributed by atoms with Crippen LogP contribution in [-0.4, -0.2) is 17.8 Å². The molecule has 1 aromatic carbocycles. The van der Waals surface area contributed by atoms with E-state index in [-0.39, 0.29) is 0 Å². The average molecular weight is 262 g/mol. The number of benzene rings is 1. The van der Waals surface area contributed by atoms with Crippen molar-refractivity contribution in [1.29, 1.82) is 5.26 Å². The summed E-state index contributed by atoms with van der Waals surface area (Å²) in [5, 5.41) is 12.7. The quantitative estimate of drug-likeness (QED) is 0.822. The first kappa shape index (κ1) is 15.1. The molecule has 0 saturated carbocycles. The molecular weight excluding hydrogens is 240 g/mol. The highest BCUT2D eigenvalue weighted by molar-refractivity contribution is 7.99. The lowest BCUT2D eigenvalue weighted by Crippen LogP contribution is -2.40. The second kappa shape index (κ2) is 6.26. The van der Waals surface area contributed by atoms with Gasteiger partial charge in [0.1, 0.15) is 5.54 Å². The van der Waals surface area contributed by atoms with E-state index in [0.29, 0.717) is 5.25 Å². The Labute approximate surface area is 115 Å². The van der Waals surface area contributed by atoms with Crippen LogP contribution in [0.2, 0.25) is 0 Å². The lowest BCUT2D eigenvalue weighted by molar-refractivity contribution is 0.455. The third-order valence-electron chi connectivity index (χ3n) is 3.31. The van der Waals surface area contributed by atoms with Crippen molar-refractivity contribution in [3.63, 3.8) is 0 Å². The minimum Gasteiger partial charge on any atom is -0.303 e. The fraction of sp³-hybridized carbons (Fsp3) is 0.533. The van der Waals surface area contributed by atoms with Gasteiger partial charge in [0, 0.05) is 10.1 Å². The average Bonchev–Trinajstić information content (AvgIpc) is 2.33. The van der Waals surface area contributed by atoms with Crippen LogP contribution < -0.4 is 5.32 Å². The Bertz CT molecular complexity index is 450. The van der Waals surface area contributed by atoms with Gasteiger partial charge in [0.05, 0.1) is 6.07 Å². The first-order chi connectivity index (χ1) is 8.40. The zero-order valence-corrected chi connectivity index (χ0v) is 12.7. The van der Waals surface area contributed by atoms with Gasteiger partial charge in [0.25, 0.3) is 0 Å². The molecular formula is C15H22N2S. The first-order valence-electron chi connectivity index (χ1n) is 6.24. The van der Waals surface area contributed by atoms with E-state index >= 15 is 0 Å². The second-order valence-corrected chi connectivity index (χ2v) is 6.58. The number of nitrogens with zero attached hydrogens (tertiary/aromatic N) is 1. The summed E-state index contributed by atoms with van der Waals surface area (Å²) in [5.74, 6) is 0. The van der Waals surface area contributed by atoms with Gasteiger partial charge in [0.15, 0.2) is 0 Å². The van der Waals surface area contributed by atoms with Crippen molar-refractivity contribution >= 4 is 11.8 Å². The number of nitriles is 1. The van der Waals surface area contributed by atoms with Gasteiger partial charge in [-0.2, -0.15) is 5.26 Å². The normalized spacial score (nSPS) is 15.8. The van der Waals surface area contributed by atoms with Crippen LogP contribution in [0.3, 0.4) is 0 Å². The Balaban J connectivity index is 2.68. The third-order valence-corrected chi connectivity index (χ3v) is 4.41. The van der Waals surface area contributed by atoms with Crippen LogP contribution in [-0.2, 0) is 0 Å². The Kier molecular flexibility index (Phi) is 5.25. The monoisotopic (exact) mass is 262 g/mol. The molecule has 0 fully saturated rings. The minimum atomic E-state index is -0.438. The summed E-state index contributed by atoms with van der Waals surface area (Å²) in [6, 6.07) is 8.88. The van der Waals surface area contributed by atoms with Crippen molar-refractivity contribution in [2.45, 2.75) is 49.8 Å². The second-order valence-electron chi connectivity index (χ2n) is 5.07. The molecule has 0 radical (unpaired) electrons. The Morgan fingerprint density at radius 2 is 2.06 bits per heavy atom. The molecule has 0 amide bonds. The molecule has 2 atom stereocenters. The SMILES string of the molecule is CNC(C)(C#N)CC(C)Sc1ccc(C)c(C)c1. The molecule has 2 nitrogen and oxygen atoms in total. The van der Waals surface area contributed by atoms with Crippen LogP contribution in [0, 0.1) is 25.2 Å². The summed E-state index contributed by atoms with van der Waals surface area (Å²) >= 11 is 1.83. The Morgan fingerprint density at radius 1 is 1.39 bits per heavy atom. The van der Waals surface area contributed by atoms with E-state index in [0.717, 1.165) is 6.42 Å². The van der Waals surface area contributed by atoms with Crippen LogP contribution in [0.25, 0.3) is 0 Å². The van der Waals surface area contributed by atoms with Crippen molar-refractivity contribution < 1.29 is 0 Å².